The number of pyridine rings is 1. The number of anilines is 2. The maximum absolute atomic E-state index is 14.3. The molecule has 1 aliphatic rings. The van der Waals surface area contributed by atoms with Gasteiger partial charge in [0.2, 0.25) is 0 Å². The van der Waals surface area contributed by atoms with Gasteiger partial charge >= 0.3 is 6.03 Å². The first kappa shape index (κ1) is 21.2. The highest BCUT2D eigenvalue weighted by atomic mass is 32.2. The smallest absolute Gasteiger partial charge is 0.287 e. The van der Waals surface area contributed by atoms with E-state index in [0.717, 1.165) is 4.90 Å². The molecule has 0 aliphatic carbocycles. The number of benzene rings is 2. The standard InChI is InChI=1S/C20H14F3N3O3S2/c1-30-14-8-13(9-24-10-14)26-20(27)25(11-15-16(22)6-12(21)7-17(15)23)18-4-2-3-5-19(18)31(26,28)29/h2-10H,11H2,1H3. The molecule has 0 unspecified atom stereocenters. The van der Waals surface area contributed by atoms with Crippen LogP contribution in [0.5, 0.6) is 0 Å². The van der Waals surface area contributed by atoms with Crippen LogP contribution in [0.25, 0.3) is 0 Å². The molecular formula is C20H14F3N3O3S2. The molecule has 0 radical (unpaired) electrons. The molecule has 0 spiro atoms. The van der Waals surface area contributed by atoms with Crippen LogP contribution in [0.15, 0.2) is 64.6 Å². The van der Waals surface area contributed by atoms with E-state index >= 15 is 0 Å². The van der Waals surface area contributed by atoms with Crippen LogP contribution in [0.1, 0.15) is 5.56 Å². The number of hydrogen-bond acceptors (Lipinski definition) is 5. The average molecular weight is 465 g/mol. The van der Waals surface area contributed by atoms with E-state index in [1.807, 2.05) is 0 Å². The number of urea groups is 1. The van der Waals surface area contributed by atoms with Crippen molar-refractivity contribution in [2.45, 2.75) is 16.3 Å². The first-order valence-corrected chi connectivity index (χ1v) is 11.5. The molecule has 6 nitrogen and oxygen atoms in total. The van der Waals surface area contributed by atoms with Gasteiger partial charge in [0, 0.05) is 28.8 Å². The molecule has 2 amide bonds. The first-order chi connectivity index (χ1) is 14.7. The van der Waals surface area contributed by atoms with Gasteiger partial charge in [-0.2, -0.15) is 4.31 Å². The lowest BCUT2D eigenvalue weighted by Crippen LogP contribution is -2.51. The van der Waals surface area contributed by atoms with Crippen molar-refractivity contribution in [3.63, 3.8) is 0 Å². The molecule has 0 atom stereocenters. The van der Waals surface area contributed by atoms with Crippen molar-refractivity contribution in [3.05, 3.63) is 77.9 Å². The summed E-state index contributed by atoms with van der Waals surface area (Å²) in [4.78, 5) is 18.6. The van der Waals surface area contributed by atoms with E-state index in [-0.39, 0.29) is 16.3 Å². The zero-order valence-electron chi connectivity index (χ0n) is 15.9. The summed E-state index contributed by atoms with van der Waals surface area (Å²) in [5.41, 5.74) is -0.628. The van der Waals surface area contributed by atoms with Crippen LogP contribution >= 0.6 is 11.8 Å². The third kappa shape index (κ3) is 3.63. The summed E-state index contributed by atoms with van der Waals surface area (Å²) in [6.07, 6.45) is 4.47. The number of para-hydroxylation sites is 1. The number of carbonyl (C=O) groups excluding carboxylic acids is 1. The van der Waals surface area contributed by atoms with Crippen molar-refractivity contribution in [2.24, 2.45) is 0 Å². The van der Waals surface area contributed by atoms with Crippen molar-refractivity contribution >= 4 is 39.2 Å². The zero-order valence-corrected chi connectivity index (χ0v) is 17.6. The van der Waals surface area contributed by atoms with Gasteiger partial charge < -0.3 is 0 Å². The molecule has 0 N–H and O–H groups in total. The predicted octanol–water partition coefficient (Wildman–Crippen LogP) is 4.56. The molecule has 0 fully saturated rings. The summed E-state index contributed by atoms with van der Waals surface area (Å²) < 4.78 is 68.9. The second-order valence-electron chi connectivity index (χ2n) is 6.54. The summed E-state index contributed by atoms with van der Waals surface area (Å²) in [6, 6.07) is 7.05. The fourth-order valence-corrected chi connectivity index (χ4v) is 5.20. The molecule has 1 aromatic heterocycles. The lowest BCUT2D eigenvalue weighted by molar-refractivity contribution is 0.253. The van der Waals surface area contributed by atoms with E-state index < -0.39 is 45.6 Å². The molecule has 0 bridgehead atoms. The monoisotopic (exact) mass is 465 g/mol. The fraction of sp³-hybridized carbons (Fsp3) is 0.100. The minimum Gasteiger partial charge on any atom is -0.287 e. The van der Waals surface area contributed by atoms with Gasteiger partial charge in [0.05, 0.1) is 24.1 Å². The van der Waals surface area contributed by atoms with Gasteiger partial charge in [-0.25, -0.2) is 26.4 Å². The Morgan fingerprint density at radius 2 is 1.71 bits per heavy atom. The van der Waals surface area contributed by atoms with Gasteiger partial charge in [-0.05, 0) is 24.5 Å². The average Bonchev–Trinajstić information content (AvgIpc) is 2.72. The van der Waals surface area contributed by atoms with Crippen molar-refractivity contribution in [1.82, 2.24) is 4.98 Å². The second-order valence-corrected chi connectivity index (χ2v) is 9.17. The van der Waals surface area contributed by atoms with Crippen LogP contribution in [-0.2, 0) is 16.6 Å². The third-order valence-corrected chi connectivity index (χ3v) is 7.11. The molecule has 11 heteroatoms. The molecule has 2 heterocycles. The Bertz CT molecular complexity index is 1280. The molecule has 3 aromatic rings. The number of aromatic nitrogens is 1. The fourth-order valence-electron chi connectivity index (χ4n) is 3.23. The Hall–Kier alpha value is -3.05. The lowest BCUT2D eigenvalue weighted by atomic mass is 10.1. The summed E-state index contributed by atoms with van der Waals surface area (Å²) in [6.45, 7) is -0.643. The quantitative estimate of drug-likeness (QED) is 0.529. The van der Waals surface area contributed by atoms with Crippen LogP contribution in [0.4, 0.5) is 29.3 Å². The van der Waals surface area contributed by atoms with E-state index in [1.54, 1.807) is 6.26 Å². The molecular weight excluding hydrogens is 451 g/mol. The number of fused-ring (bicyclic) bond motifs is 1. The van der Waals surface area contributed by atoms with E-state index in [2.05, 4.69) is 4.98 Å². The maximum atomic E-state index is 14.3. The van der Waals surface area contributed by atoms with Gasteiger partial charge in [-0.15, -0.1) is 11.8 Å². The van der Waals surface area contributed by atoms with Gasteiger partial charge in [-0.3, -0.25) is 9.88 Å². The number of hydrogen-bond donors (Lipinski definition) is 0. The number of amides is 2. The molecule has 0 saturated carbocycles. The van der Waals surface area contributed by atoms with Crippen LogP contribution in [0, 0.1) is 17.5 Å². The number of thioether (sulfide) groups is 1. The number of carbonyl (C=O) groups is 1. The third-order valence-electron chi connectivity index (χ3n) is 4.67. The summed E-state index contributed by atoms with van der Waals surface area (Å²) in [5, 5.41) is 0. The Morgan fingerprint density at radius 1 is 1.03 bits per heavy atom. The molecule has 160 valence electrons. The highest BCUT2D eigenvalue weighted by molar-refractivity contribution is 7.98. The van der Waals surface area contributed by atoms with Crippen LogP contribution in [0.3, 0.4) is 0 Å². The molecule has 31 heavy (non-hydrogen) atoms. The van der Waals surface area contributed by atoms with Gasteiger partial charge in [0.25, 0.3) is 10.0 Å². The largest absolute Gasteiger partial charge is 0.343 e. The number of halogens is 3. The Balaban J connectivity index is 1.89. The zero-order chi connectivity index (χ0) is 22.3. The van der Waals surface area contributed by atoms with Gasteiger partial charge in [0.15, 0.2) is 0 Å². The number of sulfonamides is 1. The normalized spacial score (nSPS) is 15.2. The van der Waals surface area contributed by atoms with Crippen LogP contribution in [0.2, 0.25) is 0 Å². The summed E-state index contributed by atoms with van der Waals surface area (Å²) >= 11 is 1.30. The highest BCUT2D eigenvalue weighted by Gasteiger charge is 2.43. The lowest BCUT2D eigenvalue weighted by Gasteiger charge is -2.36. The molecule has 0 saturated heterocycles. The van der Waals surface area contributed by atoms with Gasteiger partial charge in [-0.1, -0.05) is 12.1 Å². The molecule has 1 aliphatic heterocycles. The van der Waals surface area contributed by atoms with E-state index in [0.29, 0.717) is 21.3 Å². The minimum atomic E-state index is -4.32. The molecule has 4 rings (SSSR count). The second kappa shape index (κ2) is 7.89. The van der Waals surface area contributed by atoms with Crippen LogP contribution in [-0.4, -0.2) is 25.7 Å². The highest BCUT2D eigenvalue weighted by Crippen LogP contribution is 2.38. The SMILES string of the molecule is CSc1cncc(N2C(=O)N(Cc3c(F)cc(F)cc3F)c3ccccc3S2(=O)=O)c1. The Morgan fingerprint density at radius 3 is 2.39 bits per heavy atom. The number of nitrogens with zero attached hydrogens (tertiary/aromatic N) is 3. The summed E-state index contributed by atoms with van der Waals surface area (Å²) in [5.74, 6) is -3.48. The summed E-state index contributed by atoms with van der Waals surface area (Å²) in [7, 11) is -4.32. The Labute approximate surface area is 180 Å². The topological polar surface area (TPSA) is 70.6 Å². The maximum Gasteiger partial charge on any atom is 0.343 e. The van der Waals surface area contributed by atoms with Crippen LogP contribution < -0.4 is 9.21 Å². The van der Waals surface area contributed by atoms with Crippen molar-refractivity contribution < 1.29 is 26.4 Å². The first-order valence-electron chi connectivity index (χ1n) is 8.82. The van der Waals surface area contributed by atoms with Crippen molar-refractivity contribution in [1.29, 1.82) is 0 Å². The van der Waals surface area contributed by atoms with E-state index in [1.165, 1.54) is 54.5 Å². The molecule has 2 aromatic carbocycles. The van der Waals surface area contributed by atoms with Gasteiger partial charge in [0.1, 0.15) is 22.3 Å². The predicted molar refractivity (Wildman–Crippen MR) is 110 cm³/mol. The minimum absolute atomic E-state index is 0.0172. The number of rotatable bonds is 4. The van der Waals surface area contributed by atoms with Crippen molar-refractivity contribution in [3.8, 4) is 0 Å². The Kier molecular flexibility index (Phi) is 5.40. The van der Waals surface area contributed by atoms with E-state index in [4.69, 9.17) is 0 Å². The van der Waals surface area contributed by atoms with Crippen molar-refractivity contribution in [2.75, 3.05) is 15.5 Å². The van der Waals surface area contributed by atoms with E-state index in [9.17, 15) is 26.4 Å².